The summed E-state index contributed by atoms with van der Waals surface area (Å²) in [5.41, 5.74) is 0. The Morgan fingerprint density at radius 2 is 2.22 bits per heavy atom. The van der Waals surface area contributed by atoms with Crippen LogP contribution in [0.1, 0.15) is 13.8 Å². The summed E-state index contributed by atoms with van der Waals surface area (Å²) in [6.07, 6.45) is 1.46. The van der Waals surface area contributed by atoms with E-state index in [0.717, 1.165) is 0 Å². The lowest BCUT2D eigenvalue weighted by atomic mass is 10.2. The van der Waals surface area contributed by atoms with Crippen LogP contribution in [0.5, 0.6) is 0 Å². The molecule has 0 fully saturated rings. The number of rotatable bonds is 3. The fourth-order valence-electron chi connectivity index (χ4n) is 0.267. The average Bonchev–Trinajstić information content (AvgIpc) is 1.82. The van der Waals surface area contributed by atoms with Gasteiger partial charge in [0, 0.05) is 0 Å². The molecule has 0 aromatic rings. The van der Waals surface area contributed by atoms with E-state index < -0.39 is 0 Å². The van der Waals surface area contributed by atoms with Crippen LogP contribution in [0.3, 0.4) is 0 Å². The lowest BCUT2D eigenvalue weighted by Crippen LogP contribution is -2.12. The second-order valence-corrected chi connectivity index (χ2v) is 1.91. The molecule has 0 saturated carbocycles. The molecule has 0 aliphatic carbocycles. The summed E-state index contributed by atoms with van der Waals surface area (Å²) in [6, 6.07) is 0. The van der Waals surface area contributed by atoms with Crippen molar-refractivity contribution in [2.75, 3.05) is 6.61 Å². The smallest absolute Gasteiger partial charge is 0.308 e. The van der Waals surface area contributed by atoms with Crippen molar-refractivity contribution in [2.24, 2.45) is 5.92 Å². The van der Waals surface area contributed by atoms with E-state index in [0.29, 0.717) is 0 Å². The standard InChI is InChI=1S/C6H9O3/c1-5(2)6(8)9-4-3-7/h5H,4H2,1-2H3. The third-order valence-electron chi connectivity index (χ3n) is 0.745. The minimum atomic E-state index is -0.363. The number of carbonyl (C=O) groups is 1. The van der Waals surface area contributed by atoms with Gasteiger partial charge in [0.2, 0.25) is 6.29 Å². The second-order valence-electron chi connectivity index (χ2n) is 1.91. The van der Waals surface area contributed by atoms with Crippen molar-refractivity contribution >= 4 is 12.3 Å². The van der Waals surface area contributed by atoms with Gasteiger partial charge in [0.05, 0.1) is 5.92 Å². The molecule has 0 aliphatic rings. The predicted molar refractivity (Wildman–Crippen MR) is 31.5 cm³/mol. The molecular formula is C6H9O3. The van der Waals surface area contributed by atoms with Crippen molar-refractivity contribution in [3.63, 3.8) is 0 Å². The van der Waals surface area contributed by atoms with Crippen LogP contribution >= 0.6 is 0 Å². The highest BCUT2D eigenvalue weighted by atomic mass is 16.5. The van der Waals surface area contributed by atoms with E-state index in [-0.39, 0.29) is 18.5 Å². The molecule has 0 heterocycles. The highest BCUT2D eigenvalue weighted by Crippen LogP contribution is 1.93. The molecule has 0 spiro atoms. The predicted octanol–water partition coefficient (Wildman–Crippen LogP) is 0.295. The number of ether oxygens (including phenoxy) is 1. The molecular weight excluding hydrogens is 120 g/mol. The Morgan fingerprint density at radius 3 is 2.56 bits per heavy atom. The third-order valence-corrected chi connectivity index (χ3v) is 0.745. The van der Waals surface area contributed by atoms with Gasteiger partial charge >= 0.3 is 5.97 Å². The van der Waals surface area contributed by atoms with Gasteiger partial charge in [0.1, 0.15) is 0 Å². The van der Waals surface area contributed by atoms with E-state index in [9.17, 15) is 9.59 Å². The summed E-state index contributed by atoms with van der Waals surface area (Å²) in [5.74, 6) is -0.531. The molecule has 0 unspecified atom stereocenters. The number of hydrogen-bond donors (Lipinski definition) is 0. The normalized spacial score (nSPS) is 9.22. The van der Waals surface area contributed by atoms with Gasteiger partial charge in [-0.2, -0.15) is 0 Å². The molecule has 0 atom stereocenters. The fourth-order valence-corrected chi connectivity index (χ4v) is 0.267. The Bertz CT molecular complexity index is 107. The number of hydrogen-bond acceptors (Lipinski definition) is 3. The number of carbonyl (C=O) groups excluding carboxylic acids is 2. The minimum absolute atomic E-state index is 0.168. The molecule has 0 aliphatic heterocycles. The van der Waals surface area contributed by atoms with E-state index in [1.165, 1.54) is 6.29 Å². The average molecular weight is 129 g/mol. The Kier molecular flexibility index (Phi) is 3.67. The molecule has 51 valence electrons. The highest BCUT2D eigenvalue weighted by Gasteiger charge is 2.06. The van der Waals surface area contributed by atoms with Gasteiger partial charge in [0.25, 0.3) is 0 Å². The maximum absolute atomic E-state index is 10.5. The molecule has 3 heteroatoms. The SMILES string of the molecule is CC(C)C(=O)OC[C]=O. The van der Waals surface area contributed by atoms with Crippen molar-refractivity contribution in [1.82, 2.24) is 0 Å². The van der Waals surface area contributed by atoms with Crippen molar-refractivity contribution in [2.45, 2.75) is 13.8 Å². The van der Waals surface area contributed by atoms with Crippen molar-refractivity contribution in [1.29, 1.82) is 0 Å². The van der Waals surface area contributed by atoms with E-state index in [1.807, 2.05) is 0 Å². The van der Waals surface area contributed by atoms with Crippen LogP contribution in [-0.4, -0.2) is 18.9 Å². The first-order valence-electron chi connectivity index (χ1n) is 2.70. The Labute approximate surface area is 54.0 Å². The molecule has 0 saturated heterocycles. The van der Waals surface area contributed by atoms with Crippen molar-refractivity contribution in [3.05, 3.63) is 0 Å². The van der Waals surface area contributed by atoms with E-state index >= 15 is 0 Å². The summed E-state index contributed by atoms with van der Waals surface area (Å²) >= 11 is 0. The molecule has 0 bridgehead atoms. The minimum Gasteiger partial charge on any atom is -0.457 e. The Balaban J connectivity index is 3.38. The van der Waals surface area contributed by atoms with Crippen LogP contribution in [0.25, 0.3) is 0 Å². The summed E-state index contributed by atoms with van der Waals surface area (Å²) in [5, 5.41) is 0. The lowest BCUT2D eigenvalue weighted by Gasteiger charge is -2.00. The summed E-state index contributed by atoms with van der Waals surface area (Å²) in [7, 11) is 0. The molecule has 9 heavy (non-hydrogen) atoms. The summed E-state index contributed by atoms with van der Waals surface area (Å²) < 4.78 is 4.39. The first kappa shape index (κ1) is 8.14. The van der Waals surface area contributed by atoms with E-state index in [1.54, 1.807) is 13.8 Å². The van der Waals surface area contributed by atoms with Crippen LogP contribution in [0, 0.1) is 5.92 Å². The molecule has 0 aromatic heterocycles. The van der Waals surface area contributed by atoms with Crippen LogP contribution in [0.15, 0.2) is 0 Å². The molecule has 3 nitrogen and oxygen atoms in total. The number of esters is 1. The molecule has 0 rings (SSSR count). The van der Waals surface area contributed by atoms with Gasteiger partial charge in [-0.05, 0) is 0 Å². The molecule has 0 aromatic carbocycles. The topological polar surface area (TPSA) is 43.4 Å². The maximum atomic E-state index is 10.5. The molecule has 0 amide bonds. The lowest BCUT2D eigenvalue weighted by molar-refractivity contribution is -0.145. The fraction of sp³-hybridized carbons (Fsp3) is 0.667. The van der Waals surface area contributed by atoms with Crippen LogP contribution < -0.4 is 0 Å². The van der Waals surface area contributed by atoms with Crippen LogP contribution in [-0.2, 0) is 14.3 Å². The van der Waals surface area contributed by atoms with Gasteiger partial charge in [-0.15, -0.1) is 0 Å². The van der Waals surface area contributed by atoms with Gasteiger partial charge in [-0.1, -0.05) is 13.8 Å². The maximum Gasteiger partial charge on any atom is 0.308 e. The Hall–Kier alpha value is -0.860. The van der Waals surface area contributed by atoms with Crippen molar-refractivity contribution in [3.8, 4) is 0 Å². The first-order valence-corrected chi connectivity index (χ1v) is 2.70. The first-order chi connectivity index (χ1) is 4.18. The van der Waals surface area contributed by atoms with Crippen LogP contribution in [0.4, 0.5) is 0 Å². The monoisotopic (exact) mass is 129 g/mol. The van der Waals surface area contributed by atoms with E-state index in [4.69, 9.17) is 0 Å². The van der Waals surface area contributed by atoms with Crippen LogP contribution in [0.2, 0.25) is 0 Å². The summed E-state index contributed by atoms with van der Waals surface area (Å²) in [6.45, 7) is 3.15. The zero-order valence-corrected chi connectivity index (χ0v) is 5.51. The largest absolute Gasteiger partial charge is 0.457 e. The van der Waals surface area contributed by atoms with Crippen molar-refractivity contribution < 1.29 is 14.3 Å². The molecule has 1 radical (unpaired) electrons. The summed E-state index contributed by atoms with van der Waals surface area (Å²) in [4.78, 5) is 20.0. The van der Waals surface area contributed by atoms with Gasteiger partial charge in [0.15, 0.2) is 6.61 Å². The van der Waals surface area contributed by atoms with E-state index in [2.05, 4.69) is 4.74 Å². The quantitative estimate of drug-likeness (QED) is 0.514. The third kappa shape index (κ3) is 3.70. The Morgan fingerprint density at radius 1 is 1.67 bits per heavy atom. The second kappa shape index (κ2) is 4.06. The highest BCUT2D eigenvalue weighted by molar-refractivity contribution is 5.73. The van der Waals surface area contributed by atoms with Gasteiger partial charge in [-0.3, -0.25) is 9.59 Å². The van der Waals surface area contributed by atoms with Gasteiger partial charge in [-0.25, -0.2) is 0 Å². The van der Waals surface area contributed by atoms with Gasteiger partial charge < -0.3 is 4.74 Å². The zero-order valence-electron chi connectivity index (χ0n) is 5.51. The zero-order chi connectivity index (χ0) is 7.28. The molecule has 0 N–H and O–H groups in total.